The molecule has 0 radical (unpaired) electrons. The van der Waals surface area contributed by atoms with Crippen LogP contribution in [0.1, 0.15) is 5.82 Å². The van der Waals surface area contributed by atoms with Crippen LogP contribution in [0.4, 0.5) is 0 Å². The fourth-order valence-electron chi connectivity index (χ4n) is 2.59. The van der Waals surface area contributed by atoms with Crippen molar-refractivity contribution in [1.82, 2.24) is 24.4 Å². The van der Waals surface area contributed by atoms with Crippen molar-refractivity contribution in [2.45, 2.75) is 6.92 Å². The Morgan fingerprint density at radius 1 is 1.00 bits per heavy atom. The molecule has 0 aliphatic rings. The van der Waals surface area contributed by atoms with Gasteiger partial charge >= 0.3 is 0 Å². The van der Waals surface area contributed by atoms with Crippen molar-refractivity contribution in [3.8, 4) is 16.9 Å². The van der Waals surface area contributed by atoms with Crippen LogP contribution < -0.4 is 5.32 Å². The fraction of sp³-hybridized carbons (Fsp3) is 0.0625. The van der Waals surface area contributed by atoms with E-state index in [1.54, 1.807) is 4.63 Å². The lowest BCUT2D eigenvalue weighted by molar-refractivity contribution is 0.808. The van der Waals surface area contributed by atoms with Gasteiger partial charge in [0.1, 0.15) is 5.82 Å². The molecule has 0 bridgehead atoms. The third-order valence-corrected chi connectivity index (χ3v) is 4.28. The molecule has 1 aromatic carbocycles. The predicted molar refractivity (Wildman–Crippen MR) is 89.9 cm³/mol. The number of para-hydroxylation sites is 1. The van der Waals surface area contributed by atoms with E-state index in [1.165, 1.54) is 0 Å². The van der Waals surface area contributed by atoms with Crippen LogP contribution in [-0.2, 0) is 0 Å². The Labute approximate surface area is 130 Å². The Morgan fingerprint density at radius 3 is 2.55 bits per heavy atom. The van der Waals surface area contributed by atoms with E-state index in [1.807, 2.05) is 31.3 Å². The summed E-state index contributed by atoms with van der Waals surface area (Å²) in [4.78, 5) is 4.39. The number of hydrogen-bond donors (Lipinski definition) is 0. The Balaban J connectivity index is 1.89. The average molecular weight is 305 g/mol. The van der Waals surface area contributed by atoms with Gasteiger partial charge < -0.3 is 0 Å². The molecule has 0 fully saturated rings. The molecule has 0 N–H and O–H groups in total. The molecule has 0 amide bonds. The summed E-state index contributed by atoms with van der Waals surface area (Å²) in [6, 6.07) is 16.4. The van der Waals surface area contributed by atoms with E-state index in [-0.39, 0.29) is 0 Å². The van der Waals surface area contributed by atoms with Gasteiger partial charge in [0.25, 0.3) is 0 Å². The van der Waals surface area contributed by atoms with E-state index in [0.717, 1.165) is 44.0 Å². The molecule has 0 saturated heterocycles. The van der Waals surface area contributed by atoms with Gasteiger partial charge in [-0.3, -0.25) is 9.55 Å². The number of hydrogen-bond acceptors (Lipinski definition) is 3. The first-order valence-corrected chi connectivity index (χ1v) is 8.16. The highest BCUT2D eigenvalue weighted by Gasteiger charge is 2.13. The van der Waals surface area contributed by atoms with Crippen molar-refractivity contribution in [2.75, 3.05) is 0 Å². The summed E-state index contributed by atoms with van der Waals surface area (Å²) in [6.07, 6.45) is 1.88. The fourth-order valence-corrected chi connectivity index (χ4v) is 2.89. The Morgan fingerprint density at radius 2 is 1.82 bits per heavy atom. The summed E-state index contributed by atoms with van der Waals surface area (Å²) in [5, 5.41) is 10.2. The molecule has 0 spiro atoms. The zero-order valence-electron chi connectivity index (χ0n) is 12.4. The lowest BCUT2D eigenvalue weighted by Crippen LogP contribution is -2.05. The number of benzene rings is 1. The lowest BCUT2D eigenvalue weighted by atomic mass is 10.2. The van der Waals surface area contributed by atoms with Crippen LogP contribution in [-0.4, -0.2) is 34.6 Å². The number of rotatable bonds is 2. The minimum atomic E-state index is 0.890. The minimum Gasteiger partial charge on any atom is -0.280 e. The van der Waals surface area contributed by atoms with Gasteiger partial charge in [-0.15, -0.1) is 14.8 Å². The van der Waals surface area contributed by atoms with Gasteiger partial charge in [-0.05, 0) is 31.2 Å². The monoisotopic (exact) mass is 305 g/mol. The Kier molecular flexibility index (Phi) is 2.90. The summed E-state index contributed by atoms with van der Waals surface area (Å²) in [5.41, 5.74) is 3.94. The van der Waals surface area contributed by atoms with Gasteiger partial charge in [-0.1, -0.05) is 18.2 Å². The van der Waals surface area contributed by atoms with E-state index < -0.39 is 0 Å². The van der Waals surface area contributed by atoms with Gasteiger partial charge in [0.15, 0.2) is 5.65 Å². The highest BCUT2D eigenvalue weighted by molar-refractivity contribution is 6.30. The first kappa shape index (κ1) is 13.0. The third-order valence-electron chi connectivity index (χ3n) is 3.69. The highest BCUT2D eigenvalue weighted by Crippen LogP contribution is 2.21. The second-order valence-corrected chi connectivity index (χ2v) is 6.31. The third kappa shape index (κ3) is 2.05. The standard InChI is InChI=1S/C16H15N5Si/c1-11-18-21-16(20(11)13-5-3-2-4-6-13)9-14(19-21)12-7-8-15(22)17-10-12/h2-10H,1,22H3. The smallest absolute Gasteiger partial charge is 0.163 e. The predicted octanol–water partition coefficient (Wildman–Crippen LogP) is 0.881. The van der Waals surface area contributed by atoms with Crippen molar-refractivity contribution in [2.24, 2.45) is 0 Å². The molecule has 0 aliphatic heterocycles. The normalized spacial score (nSPS) is 11.3. The second kappa shape index (κ2) is 4.92. The van der Waals surface area contributed by atoms with E-state index in [0.29, 0.717) is 0 Å². The molecule has 4 aromatic rings. The molecule has 4 rings (SSSR count). The Bertz CT molecular complexity index is 938. The highest BCUT2D eigenvalue weighted by atomic mass is 28.1. The van der Waals surface area contributed by atoms with Crippen molar-refractivity contribution >= 4 is 21.2 Å². The number of fused-ring (bicyclic) bond motifs is 1. The number of aryl methyl sites for hydroxylation is 1. The van der Waals surface area contributed by atoms with Crippen molar-refractivity contribution in [1.29, 1.82) is 0 Å². The van der Waals surface area contributed by atoms with E-state index in [9.17, 15) is 0 Å². The second-order valence-electron chi connectivity index (χ2n) is 5.28. The first-order valence-electron chi connectivity index (χ1n) is 7.16. The maximum absolute atomic E-state index is 4.58. The minimum absolute atomic E-state index is 0.890. The molecule has 3 aromatic heterocycles. The zero-order chi connectivity index (χ0) is 15.1. The number of pyridine rings is 1. The van der Waals surface area contributed by atoms with E-state index in [4.69, 9.17) is 0 Å². The lowest BCUT2D eigenvalue weighted by Gasteiger charge is -2.03. The van der Waals surface area contributed by atoms with Crippen LogP contribution in [0.25, 0.3) is 22.6 Å². The van der Waals surface area contributed by atoms with Crippen LogP contribution in [0, 0.1) is 6.92 Å². The molecule has 0 saturated carbocycles. The van der Waals surface area contributed by atoms with Gasteiger partial charge in [-0.2, -0.15) is 0 Å². The van der Waals surface area contributed by atoms with Gasteiger partial charge in [0.05, 0.1) is 15.9 Å². The summed E-state index contributed by atoms with van der Waals surface area (Å²) >= 11 is 0. The van der Waals surface area contributed by atoms with Crippen LogP contribution in [0.15, 0.2) is 54.7 Å². The maximum atomic E-state index is 4.58. The maximum Gasteiger partial charge on any atom is 0.163 e. The van der Waals surface area contributed by atoms with E-state index >= 15 is 0 Å². The summed E-state index contributed by atoms with van der Waals surface area (Å²) in [6.45, 7) is 1.99. The Hall–Kier alpha value is -2.73. The van der Waals surface area contributed by atoms with Crippen LogP contribution in [0.5, 0.6) is 0 Å². The summed E-state index contributed by atoms with van der Waals surface area (Å²) in [5.74, 6) is 0.910. The average Bonchev–Trinajstić information content (AvgIpc) is 3.05. The zero-order valence-corrected chi connectivity index (χ0v) is 14.4. The van der Waals surface area contributed by atoms with Crippen LogP contribution >= 0.6 is 0 Å². The summed E-state index contributed by atoms with van der Waals surface area (Å²) in [7, 11) is 0.959. The quantitative estimate of drug-likeness (QED) is 0.517. The largest absolute Gasteiger partial charge is 0.280 e. The molecule has 0 atom stereocenters. The molecule has 6 heteroatoms. The van der Waals surface area contributed by atoms with Crippen LogP contribution in [0.3, 0.4) is 0 Å². The number of nitrogens with zero attached hydrogens (tertiary/aromatic N) is 5. The van der Waals surface area contributed by atoms with E-state index in [2.05, 4.69) is 50.1 Å². The van der Waals surface area contributed by atoms with Gasteiger partial charge in [0, 0.05) is 28.8 Å². The van der Waals surface area contributed by atoms with Crippen LogP contribution in [0.2, 0.25) is 0 Å². The number of aromatic nitrogens is 5. The topological polar surface area (TPSA) is 48.0 Å². The molecule has 22 heavy (non-hydrogen) atoms. The molecule has 3 heterocycles. The van der Waals surface area contributed by atoms with Crippen molar-refractivity contribution < 1.29 is 0 Å². The molecule has 0 unspecified atom stereocenters. The molecular weight excluding hydrogens is 290 g/mol. The molecule has 0 aliphatic carbocycles. The van der Waals surface area contributed by atoms with Gasteiger partial charge in [0.2, 0.25) is 0 Å². The first-order chi connectivity index (χ1) is 10.7. The molecule has 108 valence electrons. The SMILES string of the molecule is Cc1nn2nc(-c3ccc([SiH3])nc3)cc2n1-c1ccccc1. The molecule has 5 nitrogen and oxygen atoms in total. The summed E-state index contributed by atoms with van der Waals surface area (Å²) < 4.78 is 3.79. The molecular formula is C16H15N5Si. The van der Waals surface area contributed by atoms with Crippen molar-refractivity contribution in [3.05, 3.63) is 60.6 Å². The van der Waals surface area contributed by atoms with Gasteiger partial charge in [-0.25, -0.2) is 0 Å². The van der Waals surface area contributed by atoms with Crippen molar-refractivity contribution in [3.63, 3.8) is 0 Å².